The molecule has 1 aliphatic heterocycles. The lowest BCUT2D eigenvalue weighted by Gasteiger charge is -2.26. The Kier molecular flexibility index (Phi) is 7.06. The fourth-order valence-electron chi connectivity index (χ4n) is 4.52. The van der Waals surface area contributed by atoms with Crippen LogP contribution in [-0.2, 0) is 37.9 Å². The molecule has 0 spiro atoms. The first-order chi connectivity index (χ1) is 16.5. The Morgan fingerprint density at radius 1 is 1.23 bits per heavy atom. The Bertz CT molecular complexity index is 1330. The van der Waals surface area contributed by atoms with E-state index in [0.29, 0.717) is 29.2 Å². The summed E-state index contributed by atoms with van der Waals surface area (Å²) in [6, 6.07) is 5.09. The first kappa shape index (κ1) is 25.4. The number of carbonyl (C=O) groups is 1. The third-order valence-corrected chi connectivity index (χ3v) is 7.95. The molecule has 1 N–H and O–H groups in total. The van der Waals surface area contributed by atoms with Gasteiger partial charge in [0.2, 0.25) is 5.91 Å². The lowest BCUT2D eigenvalue weighted by atomic mass is 9.94. The summed E-state index contributed by atoms with van der Waals surface area (Å²) in [4.78, 5) is 17.0. The van der Waals surface area contributed by atoms with Crippen molar-refractivity contribution in [3.8, 4) is 0 Å². The van der Waals surface area contributed by atoms with Gasteiger partial charge in [-0.15, -0.1) is 0 Å². The summed E-state index contributed by atoms with van der Waals surface area (Å²) in [6.45, 7) is 12.8. The Morgan fingerprint density at radius 3 is 2.60 bits per heavy atom. The van der Waals surface area contributed by atoms with Gasteiger partial charge in [-0.25, -0.2) is 4.98 Å². The van der Waals surface area contributed by atoms with Gasteiger partial charge in [-0.3, -0.25) is 4.79 Å². The van der Waals surface area contributed by atoms with E-state index in [-0.39, 0.29) is 22.6 Å². The highest BCUT2D eigenvalue weighted by Gasteiger charge is 2.27. The number of rotatable bonds is 7. The van der Waals surface area contributed by atoms with Crippen LogP contribution in [0.4, 0.5) is 0 Å². The molecule has 2 aromatic heterocycles. The van der Waals surface area contributed by atoms with Crippen molar-refractivity contribution in [2.45, 2.75) is 70.7 Å². The molecule has 0 aliphatic carbocycles. The van der Waals surface area contributed by atoms with Crippen LogP contribution >= 0.6 is 0 Å². The molecular weight excluding hydrogens is 466 g/mol. The number of amides is 1. The summed E-state index contributed by atoms with van der Waals surface area (Å²) in [6.07, 6.45) is 3.52. The van der Waals surface area contributed by atoms with Gasteiger partial charge in [0.25, 0.3) is 10.0 Å². The number of imidazole rings is 1. The van der Waals surface area contributed by atoms with Crippen molar-refractivity contribution in [2.75, 3.05) is 19.8 Å². The fourth-order valence-corrected chi connectivity index (χ4v) is 5.73. The fraction of sp³-hybridized carbons (Fsp3) is 0.560. The van der Waals surface area contributed by atoms with Crippen LogP contribution < -0.4 is 5.32 Å². The van der Waals surface area contributed by atoms with E-state index >= 15 is 0 Å². The number of ether oxygens (including phenoxy) is 1. The minimum absolute atomic E-state index is 0.0831. The Balaban J connectivity index is 1.70. The lowest BCUT2D eigenvalue weighted by Crippen LogP contribution is -2.25. The maximum Gasteiger partial charge on any atom is 0.283 e. The summed E-state index contributed by atoms with van der Waals surface area (Å²) in [5.41, 5.74) is 2.47. The van der Waals surface area contributed by atoms with Crippen molar-refractivity contribution in [2.24, 2.45) is 5.92 Å². The standard InChI is InChI=1S/C25H35N5O4S/c1-6-26-23(31)13-19-16-30(28-17(19)2)35(32,33)20-7-8-22-21(14-20)27-24(25(3,4)5)29(22)15-18-9-11-34-12-10-18/h7-8,14,16,18H,6,9-13,15H2,1-5H3,(H,26,31). The third kappa shape index (κ3) is 5.28. The average molecular weight is 502 g/mol. The molecule has 0 radical (unpaired) electrons. The van der Waals surface area contributed by atoms with Crippen molar-refractivity contribution in [1.82, 2.24) is 24.1 Å². The molecule has 35 heavy (non-hydrogen) atoms. The highest BCUT2D eigenvalue weighted by atomic mass is 32.2. The number of hydrogen-bond donors (Lipinski definition) is 1. The maximum absolute atomic E-state index is 13.4. The van der Waals surface area contributed by atoms with E-state index in [0.717, 1.165) is 48.0 Å². The van der Waals surface area contributed by atoms with Crippen LogP contribution in [0.15, 0.2) is 29.3 Å². The number of carbonyl (C=O) groups excluding carboxylic acids is 1. The quantitative estimate of drug-likeness (QED) is 0.533. The van der Waals surface area contributed by atoms with Crippen molar-refractivity contribution in [1.29, 1.82) is 0 Å². The van der Waals surface area contributed by atoms with Gasteiger partial charge in [-0.1, -0.05) is 20.8 Å². The second kappa shape index (κ2) is 9.73. The molecule has 4 rings (SSSR count). The van der Waals surface area contributed by atoms with Crippen LogP contribution in [-0.4, -0.2) is 52.8 Å². The highest BCUT2D eigenvalue weighted by Crippen LogP contribution is 2.30. The van der Waals surface area contributed by atoms with E-state index in [1.807, 2.05) is 13.0 Å². The van der Waals surface area contributed by atoms with E-state index in [1.165, 1.54) is 6.20 Å². The van der Waals surface area contributed by atoms with Gasteiger partial charge in [0, 0.05) is 43.5 Å². The van der Waals surface area contributed by atoms with Crippen molar-refractivity contribution < 1.29 is 17.9 Å². The number of benzene rings is 1. The molecule has 0 atom stereocenters. The second-order valence-electron chi connectivity index (χ2n) is 10.2. The molecule has 1 aromatic carbocycles. The zero-order chi connectivity index (χ0) is 25.4. The predicted octanol–water partition coefficient (Wildman–Crippen LogP) is 3.18. The molecule has 3 heterocycles. The number of nitrogens with zero attached hydrogens (tertiary/aromatic N) is 4. The van der Waals surface area contributed by atoms with Gasteiger partial charge < -0.3 is 14.6 Å². The van der Waals surface area contributed by atoms with Gasteiger partial charge in [-0.05, 0) is 50.8 Å². The molecule has 1 saturated heterocycles. The largest absolute Gasteiger partial charge is 0.381 e. The highest BCUT2D eigenvalue weighted by molar-refractivity contribution is 7.89. The van der Waals surface area contributed by atoms with Crippen LogP contribution in [0.3, 0.4) is 0 Å². The van der Waals surface area contributed by atoms with E-state index < -0.39 is 10.0 Å². The Labute approximate surface area is 206 Å². The van der Waals surface area contributed by atoms with Crippen molar-refractivity contribution >= 4 is 27.0 Å². The number of aromatic nitrogens is 4. The molecule has 10 heteroatoms. The minimum atomic E-state index is -3.94. The number of aryl methyl sites for hydroxylation is 1. The summed E-state index contributed by atoms with van der Waals surface area (Å²) >= 11 is 0. The Morgan fingerprint density at radius 2 is 1.94 bits per heavy atom. The first-order valence-corrected chi connectivity index (χ1v) is 13.6. The lowest BCUT2D eigenvalue weighted by molar-refractivity contribution is -0.120. The van der Waals surface area contributed by atoms with Crippen LogP contribution in [0.1, 0.15) is 57.6 Å². The molecule has 0 unspecified atom stereocenters. The number of hydrogen-bond acceptors (Lipinski definition) is 6. The van der Waals surface area contributed by atoms with Gasteiger partial charge in [0.05, 0.1) is 28.0 Å². The third-order valence-electron chi connectivity index (χ3n) is 6.42. The molecule has 3 aromatic rings. The number of fused-ring (bicyclic) bond motifs is 1. The summed E-state index contributed by atoms with van der Waals surface area (Å²) in [7, 11) is -3.94. The van der Waals surface area contributed by atoms with Crippen LogP contribution in [0.5, 0.6) is 0 Å². The van der Waals surface area contributed by atoms with Gasteiger partial charge in [0.15, 0.2) is 0 Å². The van der Waals surface area contributed by atoms with E-state index in [4.69, 9.17) is 9.72 Å². The molecule has 0 bridgehead atoms. The van der Waals surface area contributed by atoms with Crippen LogP contribution in [0.25, 0.3) is 11.0 Å². The maximum atomic E-state index is 13.4. The molecular formula is C25H35N5O4S. The van der Waals surface area contributed by atoms with Crippen molar-refractivity contribution in [3.63, 3.8) is 0 Å². The minimum Gasteiger partial charge on any atom is -0.381 e. The smallest absolute Gasteiger partial charge is 0.283 e. The van der Waals surface area contributed by atoms with E-state index in [1.54, 1.807) is 19.1 Å². The average Bonchev–Trinajstić information content (AvgIpc) is 3.35. The topological polar surface area (TPSA) is 108 Å². The molecule has 0 saturated carbocycles. The second-order valence-corrected chi connectivity index (χ2v) is 12.0. The van der Waals surface area contributed by atoms with Crippen LogP contribution in [0.2, 0.25) is 0 Å². The summed E-state index contributed by atoms with van der Waals surface area (Å²) in [5, 5.41) is 6.93. The van der Waals surface area contributed by atoms with E-state index in [2.05, 4.69) is 35.8 Å². The summed E-state index contributed by atoms with van der Waals surface area (Å²) < 4.78 is 35.5. The van der Waals surface area contributed by atoms with E-state index in [9.17, 15) is 13.2 Å². The zero-order valence-electron chi connectivity index (χ0n) is 21.2. The molecule has 1 aliphatic rings. The molecule has 1 fully saturated rings. The normalized spacial score (nSPS) is 15.6. The van der Waals surface area contributed by atoms with Gasteiger partial charge in [-0.2, -0.15) is 17.6 Å². The van der Waals surface area contributed by atoms with Crippen molar-refractivity contribution in [3.05, 3.63) is 41.5 Å². The van der Waals surface area contributed by atoms with Gasteiger partial charge in [0.1, 0.15) is 5.82 Å². The zero-order valence-corrected chi connectivity index (χ0v) is 22.0. The molecule has 9 nitrogen and oxygen atoms in total. The number of likely N-dealkylation sites (N-methyl/N-ethyl adjacent to an activating group) is 1. The number of nitrogens with one attached hydrogen (secondary N) is 1. The first-order valence-electron chi connectivity index (χ1n) is 12.2. The van der Waals surface area contributed by atoms with Gasteiger partial charge >= 0.3 is 0 Å². The summed E-state index contributed by atoms with van der Waals surface area (Å²) in [5.74, 6) is 1.27. The van der Waals surface area contributed by atoms with Crippen LogP contribution in [0, 0.1) is 12.8 Å². The molecule has 1 amide bonds. The molecule has 190 valence electrons. The predicted molar refractivity (Wildman–Crippen MR) is 134 cm³/mol. The monoisotopic (exact) mass is 501 g/mol. The SMILES string of the molecule is CCNC(=O)Cc1cn(S(=O)(=O)c2ccc3c(c2)nc(C(C)(C)C)n3CC2CCOCC2)nc1C. The Hall–Kier alpha value is -2.72.